The molecule has 0 spiro atoms. The van der Waals surface area contributed by atoms with Gasteiger partial charge in [0.15, 0.2) is 0 Å². The molecule has 0 saturated carbocycles. The van der Waals surface area contributed by atoms with Crippen LogP contribution in [-0.2, 0) is 0 Å². The monoisotopic (exact) mass is 310 g/mol. The van der Waals surface area contributed by atoms with E-state index in [1.165, 1.54) is 28.8 Å². The van der Waals surface area contributed by atoms with E-state index in [2.05, 4.69) is 0 Å². The van der Waals surface area contributed by atoms with Gasteiger partial charge in [-0.25, -0.2) is 0 Å². The van der Waals surface area contributed by atoms with Gasteiger partial charge in [0.25, 0.3) is 5.56 Å². The average Bonchev–Trinajstić information content (AvgIpc) is 2.51. The molecule has 3 rings (SSSR count). The lowest BCUT2D eigenvalue weighted by atomic mass is 10.0. The van der Waals surface area contributed by atoms with E-state index in [1.54, 1.807) is 25.3 Å². The van der Waals surface area contributed by atoms with Crippen molar-refractivity contribution in [3.8, 4) is 17.2 Å². The van der Waals surface area contributed by atoms with Crippen LogP contribution in [0.3, 0.4) is 0 Å². The number of fused-ring (bicyclic) bond motifs is 1. The average molecular weight is 310 g/mol. The predicted molar refractivity (Wildman–Crippen MR) is 86.1 cm³/mol. The van der Waals surface area contributed by atoms with Gasteiger partial charge in [0.1, 0.15) is 11.5 Å². The van der Waals surface area contributed by atoms with Crippen LogP contribution < -0.4 is 11.3 Å². The number of phenolic OH excluding ortho intramolecular Hbond substituents is 2. The van der Waals surface area contributed by atoms with E-state index in [0.717, 1.165) is 0 Å². The number of primary amides is 1. The molecule has 1 amide bonds. The van der Waals surface area contributed by atoms with Gasteiger partial charge in [0.05, 0.1) is 10.9 Å². The lowest BCUT2D eigenvalue weighted by Crippen LogP contribution is -2.22. The summed E-state index contributed by atoms with van der Waals surface area (Å²) >= 11 is 0. The maximum atomic E-state index is 12.8. The zero-order valence-corrected chi connectivity index (χ0v) is 12.3. The molecular weight excluding hydrogens is 296 g/mol. The predicted octanol–water partition coefficient (Wildman–Crippen LogP) is 1.81. The number of phenols is 2. The van der Waals surface area contributed by atoms with Crippen molar-refractivity contribution in [2.75, 3.05) is 0 Å². The zero-order valence-electron chi connectivity index (χ0n) is 12.3. The van der Waals surface area contributed by atoms with Crippen molar-refractivity contribution in [1.82, 2.24) is 4.57 Å². The van der Waals surface area contributed by atoms with Gasteiger partial charge in [0, 0.05) is 11.9 Å². The number of pyridine rings is 1. The molecule has 0 aliphatic rings. The smallest absolute Gasteiger partial charge is 0.263 e. The van der Waals surface area contributed by atoms with Crippen LogP contribution in [0.25, 0.3) is 16.5 Å². The van der Waals surface area contributed by atoms with E-state index >= 15 is 0 Å². The van der Waals surface area contributed by atoms with Crippen LogP contribution in [0.15, 0.2) is 47.4 Å². The van der Waals surface area contributed by atoms with Crippen molar-refractivity contribution in [2.24, 2.45) is 5.73 Å². The summed E-state index contributed by atoms with van der Waals surface area (Å²) in [5, 5.41) is 19.7. The van der Waals surface area contributed by atoms with Crippen LogP contribution in [0.1, 0.15) is 15.9 Å². The van der Waals surface area contributed by atoms with Crippen LogP contribution >= 0.6 is 0 Å². The van der Waals surface area contributed by atoms with Crippen molar-refractivity contribution in [3.05, 3.63) is 64.1 Å². The summed E-state index contributed by atoms with van der Waals surface area (Å²) < 4.78 is 1.38. The van der Waals surface area contributed by atoms with Crippen molar-refractivity contribution >= 4 is 16.7 Å². The number of nitrogens with zero attached hydrogens (tertiary/aromatic N) is 1. The van der Waals surface area contributed by atoms with E-state index in [0.29, 0.717) is 16.6 Å². The molecule has 0 aliphatic carbocycles. The summed E-state index contributed by atoms with van der Waals surface area (Å²) in [6.45, 7) is 1.77. The number of aryl methyl sites for hydroxylation is 1. The topological polar surface area (TPSA) is 106 Å². The Morgan fingerprint density at radius 1 is 1.09 bits per heavy atom. The van der Waals surface area contributed by atoms with Gasteiger partial charge < -0.3 is 15.9 Å². The van der Waals surface area contributed by atoms with Crippen LogP contribution in [-0.4, -0.2) is 20.7 Å². The summed E-state index contributed by atoms with van der Waals surface area (Å²) in [6.07, 6.45) is 1.61. The second-order valence-electron chi connectivity index (χ2n) is 5.28. The minimum Gasteiger partial charge on any atom is -0.508 e. The quantitative estimate of drug-likeness (QED) is 0.671. The summed E-state index contributed by atoms with van der Waals surface area (Å²) in [5.41, 5.74) is 6.14. The number of carbonyl (C=O) groups excluding carboxylic acids is 1. The molecule has 0 radical (unpaired) electrons. The summed E-state index contributed by atoms with van der Waals surface area (Å²) in [4.78, 5) is 24.5. The first-order chi connectivity index (χ1) is 10.9. The first-order valence-corrected chi connectivity index (χ1v) is 6.86. The molecule has 23 heavy (non-hydrogen) atoms. The fraction of sp³-hybridized carbons (Fsp3) is 0.0588. The lowest BCUT2D eigenvalue weighted by Gasteiger charge is -2.12. The minimum atomic E-state index is -0.786. The molecule has 0 unspecified atom stereocenters. The third-order valence-electron chi connectivity index (χ3n) is 3.70. The van der Waals surface area contributed by atoms with Gasteiger partial charge in [-0.3, -0.25) is 14.2 Å². The van der Waals surface area contributed by atoms with Crippen molar-refractivity contribution in [2.45, 2.75) is 6.92 Å². The van der Waals surface area contributed by atoms with Crippen molar-refractivity contribution in [1.29, 1.82) is 0 Å². The Labute approximate surface area is 131 Å². The Balaban J connectivity index is 2.43. The van der Waals surface area contributed by atoms with E-state index in [4.69, 9.17) is 5.73 Å². The summed E-state index contributed by atoms with van der Waals surface area (Å²) in [6, 6.07) is 8.73. The molecule has 0 atom stereocenters. The van der Waals surface area contributed by atoms with Gasteiger partial charge >= 0.3 is 0 Å². The normalized spacial score (nSPS) is 10.8. The number of hydrogen-bond donors (Lipinski definition) is 3. The van der Waals surface area contributed by atoms with E-state index in [9.17, 15) is 19.8 Å². The number of rotatable bonds is 2. The fourth-order valence-electron chi connectivity index (χ4n) is 2.61. The molecule has 4 N–H and O–H groups in total. The standard InChI is InChI=1S/C17H14N2O4/c1-9-8-19(10-2-4-11(20)5-3-10)17(23)15-13(9)6-12(21)7-14(15)16(18)22/h2-8,20-21H,1H3,(H2,18,22). The highest BCUT2D eigenvalue weighted by Gasteiger charge is 2.16. The maximum absolute atomic E-state index is 12.8. The van der Waals surface area contributed by atoms with E-state index in [-0.39, 0.29) is 22.4 Å². The van der Waals surface area contributed by atoms with Gasteiger partial charge in [-0.2, -0.15) is 0 Å². The third-order valence-corrected chi connectivity index (χ3v) is 3.70. The first kappa shape index (κ1) is 14.6. The van der Waals surface area contributed by atoms with Crippen molar-refractivity contribution < 1.29 is 15.0 Å². The van der Waals surface area contributed by atoms with Crippen molar-refractivity contribution in [3.63, 3.8) is 0 Å². The number of hydrogen-bond acceptors (Lipinski definition) is 4. The van der Waals surface area contributed by atoms with Gasteiger partial charge in [-0.1, -0.05) is 0 Å². The Morgan fingerprint density at radius 3 is 2.35 bits per heavy atom. The molecule has 6 nitrogen and oxygen atoms in total. The Bertz CT molecular complexity index is 988. The molecule has 1 aromatic heterocycles. The minimum absolute atomic E-state index is 0.0266. The fourth-order valence-corrected chi connectivity index (χ4v) is 2.61. The Kier molecular flexibility index (Phi) is 3.29. The van der Waals surface area contributed by atoms with Gasteiger partial charge in [0.2, 0.25) is 5.91 Å². The number of aromatic nitrogens is 1. The largest absolute Gasteiger partial charge is 0.508 e. The molecule has 3 aromatic rings. The van der Waals surface area contributed by atoms with Crippen LogP contribution in [0, 0.1) is 6.92 Å². The zero-order chi connectivity index (χ0) is 16.7. The van der Waals surface area contributed by atoms with Gasteiger partial charge in [-0.05, 0) is 54.3 Å². The highest BCUT2D eigenvalue weighted by molar-refractivity contribution is 6.07. The molecule has 0 saturated heterocycles. The van der Waals surface area contributed by atoms with E-state index < -0.39 is 11.5 Å². The van der Waals surface area contributed by atoms with Crippen LogP contribution in [0.5, 0.6) is 11.5 Å². The SMILES string of the molecule is Cc1cn(-c2ccc(O)cc2)c(=O)c2c(C(N)=O)cc(O)cc12. The number of aromatic hydroxyl groups is 2. The molecule has 0 bridgehead atoms. The van der Waals surface area contributed by atoms with Gasteiger partial charge in [-0.15, -0.1) is 0 Å². The molecule has 116 valence electrons. The molecule has 6 heteroatoms. The highest BCUT2D eigenvalue weighted by atomic mass is 16.3. The third kappa shape index (κ3) is 2.40. The second-order valence-corrected chi connectivity index (χ2v) is 5.28. The number of amides is 1. The lowest BCUT2D eigenvalue weighted by molar-refractivity contribution is 0.100. The van der Waals surface area contributed by atoms with Crippen LogP contribution in [0.2, 0.25) is 0 Å². The Hall–Kier alpha value is -3.28. The summed E-state index contributed by atoms with van der Waals surface area (Å²) in [7, 11) is 0. The molecule has 0 fully saturated rings. The highest BCUT2D eigenvalue weighted by Crippen LogP contribution is 2.25. The number of benzene rings is 2. The number of nitrogens with two attached hydrogens (primary N) is 1. The molecule has 1 heterocycles. The molecule has 2 aromatic carbocycles. The number of carbonyl (C=O) groups is 1. The first-order valence-electron chi connectivity index (χ1n) is 6.86. The molecular formula is C17H14N2O4. The second kappa shape index (κ2) is 5.17. The van der Waals surface area contributed by atoms with Crippen LogP contribution in [0.4, 0.5) is 0 Å². The Morgan fingerprint density at radius 2 is 1.74 bits per heavy atom. The van der Waals surface area contributed by atoms with E-state index in [1.807, 2.05) is 0 Å². The summed E-state index contributed by atoms with van der Waals surface area (Å²) in [5.74, 6) is -0.830. The maximum Gasteiger partial charge on any atom is 0.263 e. The molecule has 0 aliphatic heterocycles.